The van der Waals surface area contributed by atoms with Crippen LogP contribution in [0.3, 0.4) is 0 Å². The highest BCUT2D eigenvalue weighted by molar-refractivity contribution is 6.40. The number of hydrogen-bond donors (Lipinski definition) is 1. The predicted molar refractivity (Wildman–Crippen MR) is 117 cm³/mol. The molecule has 8 heteroatoms. The SMILES string of the molecule is COc1cc(N(C(=O)C(N)=O)C(C)(C)Cc2cc(C)nc(C)c2)ccc1-c1cnco1. The third-order valence-corrected chi connectivity index (χ3v) is 4.94. The zero-order valence-corrected chi connectivity index (χ0v) is 18.3. The van der Waals surface area contributed by atoms with Gasteiger partial charge in [-0.05, 0) is 63.9 Å². The van der Waals surface area contributed by atoms with Crippen LogP contribution in [-0.2, 0) is 16.0 Å². The number of anilines is 1. The molecular formula is C23H26N4O4. The van der Waals surface area contributed by atoms with Crippen LogP contribution in [0.2, 0.25) is 0 Å². The molecule has 2 heterocycles. The van der Waals surface area contributed by atoms with Crippen LogP contribution in [0, 0.1) is 13.8 Å². The lowest BCUT2D eigenvalue weighted by Crippen LogP contribution is -2.53. The number of oxazole rings is 1. The molecule has 0 aliphatic rings. The molecule has 8 nitrogen and oxygen atoms in total. The van der Waals surface area contributed by atoms with Gasteiger partial charge < -0.3 is 14.9 Å². The van der Waals surface area contributed by atoms with Crippen LogP contribution in [0.15, 0.2) is 47.3 Å². The fourth-order valence-electron chi connectivity index (χ4n) is 3.82. The highest BCUT2D eigenvalue weighted by Crippen LogP contribution is 2.36. The Morgan fingerprint density at radius 1 is 1.16 bits per heavy atom. The number of nitrogens with zero attached hydrogens (tertiary/aromatic N) is 3. The molecular weight excluding hydrogens is 396 g/mol. The Morgan fingerprint density at radius 2 is 1.84 bits per heavy atom. The molecule has 0 atom stereocenters. The van der Waals surface area contributed by atoms with Crippen molar-refractivity contribution in [3.8, 4) is 17.1 Å². The number of carbonyl (C=O) groups excluding carboxylic acids is 2. The molecule has 0 unspecified atom stereocenters. The average Bonchev–Trinajstić information content (AvgIpc) is 3.20. The van der Waals surface area contributed by atoms with Gasteiger partial charge in [-0.15, -0.1) is 0 Å². The largest absolute Gasteiger partial charge is 0.496 e. The highest BCUT2D eigenvalue weighted by atomic mass is 16.5. The van der Waals surface area contributed by atoms with Crippen molar-refractivity contribution in [2.75, 3.05) is 12.0 Å². The van der Waals surface area contributed by atoms with Gasteiger partial charge in [0.2, 0.25) is 0 Å². The third kappa shape index (κ3) is 4.74. The summed E-state index contributed by atoms with van der Waals surface area (Å²) in [7, 11) is 1.52. The Bertz CT molecular complexity index is 1090. The summed E-state index contributed by atoms with van der Waals surface area (Å²) in [6.45, 7) is 7.61. The Kier molecular flexibility index (Phi) is 6.10. The normalized spacial score (nSPS) is 11.3. The third-order valence-electron chi connectivity index (χ3n) is 4.94. The number of ether oxygens (including phenoxy) is 1. The first-order chi connectivity index (χ1) is 14.6. The van der Waals surface area contributed by atoms with Crippen LogP contribution in [-0.4, -0.2) is 34.4 Å². The quantitative estimate of drug-likeness (QED) is 0.611. The number of primary amides is 1. The standard InChI is InChI=1S/C23H26N4O4/c1-14-8-16(9-15(2)26-14)11-23(3,4)27(22(29)21(24)28)17-6-7-18(19(10-17)30-5)20-12-25-13-31-20/h6-10,12-13H,11H2,1-5H3,(H2,24,28). The zero-order chi connectivity index (χ0) is 22.8. The number of benzene rings is 1. The number of carbonyl (C=O) groups is 2. The van der Waals surface area contributed by atoms with E-state index >= 15 is 0 Å². The summed E-state index contributed by atoms with van der Waals surface area (Å²) < 4.78 is 10.9. The lowest BCUT2D eigenvalue weighted by molar-refractivity contribution is -0.136. The summed E-state index contributed by atoms with van der Waals surface area (Å²) in [5, 5.41) is 0. The molecule has 1 aromatic carbocycles. The minimum Gasteiger partial charge on any atom is -0.496 e. The van der Waals surface area contributed by atoms with Crippen molar-refractivity contribution >= 4 is 17.5 Å². The minimum atomic E-state index is -1.03. The van der Waals surface area contributed by atoms with Gasteiger partial charge in [-0.2, -0.15) is 0 Å². The molecule has 3 aromatic rings. The second-order valence-electron chi connectivity index (χ2n) is 8.00. The lowest BCUT2D eigenvalue weighted by atomic mass is 9.91. The molecule has 0 aliphatic heterocycles. The van der Waals surface area contributed by atoms with Crippen molar-refractivity contribution in [3.05, 3.63) is 59.9 Å². The van der Waals surface area contributed by atoms with Gasteiger partial charge in [-0.1, -0.05) is 0 Å². The van der Waals surface area contributed by atoms with E-state index in [0.29, 0.717) is 29.2 Å². The van der Waals surface area contributed by atoms with Crippen LogP contribution in [0.4, 0.5) is 5.69 Å². The van der Waals surface area contributed by atoms with E-state index in [1.807, 2.05) is 39.8 Å². The van der Waals surface area contributed by atoms with Gasteiger partial charge in [-0.25, -0.2) is 4.98 Å². The van der Waals surface area contributed by atoms with Crippen LogP contribution >= 0.6 is 0 Å². The molecule has 2 aromatic heterocycles. The maximum atomic E-state index is 12.9. The molecule has 3 rings (SSSR count). The fraction of sp³-hybridized carbons (Fsp3) is 0.304. The second kappa shape index (κ2) is 8.59. The number of aryl methyl sites for hydroxylation is 2. The number of pyridine rings is 1. The van der Waals surface area contributed by atoms with E-state index < -0.39 is 17.4 Å². The van der Waals surface area contributed by atoms with Crippen LogP contribution in [0.1, 0.15) is 30.8 Å². The second-order valence-corrected chi connectivity index (χ2v) is 8.00. The molecule has 2 N–H and O–H groups in total. The first kappa shape index (κ1) is 22.0. The summed E-state index contributed by atoms with van der Waals surface area (Å²) in [6.07, 6.45) is 3.39. The van der Waals surface area contributed by atoms with Gasteiger partial charge in [0.15, 0.2) is 12.2 Å². The van der Waals surface area contributed by atoms with Gasteiger partial charge in [0.1, 0.15) is 5.75 Å². The Morgan fingerprint density at radius 3 is 2.39 bits per heavy atom. The van der Waals surface area contributed by atoms with Gasteiger partial charge in [0.05, 0.1) is 18.9 Å². The van der Waals surface area contributed by atoms with E-state index in [9.17, 15) is 9.59 Å². The molecule has 0 fully saturated rings. The summed E-state index contributed by atoms with van der Waals surface area (Å²) in [5.74, 6) is -0.837. The number of hydrogen-bond acceptors (Lipinski definition) is 6. The average molecular weight is 422 g/mol. The van der Waals surface area contributed by atoms with E-state index in [0.717, 1.165) is 17.0 Å². The van der Waals surface area contributed by atoms with Crippen molar-refractivity contribution in [3.63, 3.8) is 0 Å². The van der Waals surface area contributed by atoms with Crippen molar-refractivity contribution in [2.24, 2.45) is 5.73 Å². The number of methoxy groups -OCH3 is 1. The molecule has 0 saturated carbocycles. The lowest BCUT2D eigenvalue weighted by Gasteiger charge is -2.38. The Labute approximate surface area is 181 Å². The molecule has 2 amide bonds. The van der Waals surface area contributed by atoms with Gasteiger partial charge >= 0.3 is 11.8 Å². The Balaban J connectivity index is 2.06. The number of amides is 2. The van der Waals surface area contributed by atoms with Crippen molar-refractivity contribution in [1.29, 1.82) is 0 Å². The smallest absolute Gasteiger partial charge is 0.316 e. The summed E-state index contributed by atoms with van der Waals surface area (Å²) in [5.41, 5.74) is 8.55. The van der Waals surface area contributed by atoms with E-state index in [-0.39, 0.29) is 0 Å². The van der Waals surface area contributed by atoms with E-state index in [1.165, 1.54) is 18.4 Å². The highest BCUT2D eigenvalue weighted by Gasteiger charge is 2.35. The van der Waals surface area contributed by atoms with Gasteiger partial charge in [-0.3, -0.25) is 19.5 Å². The van der Waals surface area contributed by atoms with Crippen molar-refractivity contribution in [1.82, 2.24) is 9.97 Å². The number of nitrogens with two attached hydrogens (primary N) is 1. The molecule has 162 valence electrons. The number of aromatic nitrogens is 2. The van der Waals surface area contributed by atoms with Crippen LogP contribution in [0.25, 0.3) is 11.3 Å². The fourth-order valence-corrected chi connectivity index (χ4v) is 3.82. The monoisotopic (exact) mass is 422 g/mol. The molecule has 0 radical (unpaired) electrons. The predicted octanol–water partition coefficient (Wildman–Crippen LogP) is 3.20. The molecule has 31 heavy (non-hydrogen) atoms. The Hall–Kier alpha value is -3.68. The molecule has 0 bridgehead atoms. The summed E-state index contributed by atoms with van der Waals surface area (Å²) >= 11 is 0. The van der Waals surface area contributed by atoms with Crippen molar-refractivity contribution < 1.29 is 18.7 Å². The van der Waals surface area contributed by atoms with Gasteiger partial charge in [0.25, 0.3) is 0 Å². The number of rotatable bonds is 6. The van der Waals surface area contributed by atoms with E-state index in [4.69, 9.17) is 14.9 Å². The van der Waals surface area contributed by atoms with E-state index in [2.05, 4.69) is 9.97 Å². The summed E-state index contributed by atoms with van der Waals surface area (Å²) in [4.78, 5) is 34.5. The molecule has 0 spiro atoms. The molecule has 0 aliphatic carbocycles. The van der Waals surface area contributed by atoms with E-state index in [1.54, 1.807) is 24.4 Å². The van der Waals surface area contributed by atoms with Crippen LogP contribution < -0.4 is 15.4 Å². The topological polar surface area (TPSA) is 112 Å². The van der Waals surface area contributed by atoms with Gasteiger partial charge in [0, 0.05) is 28.7 Å². The van der Waals surface area contributed by atoms with Crippen LogP contribution in [0.5, 0.6) is 5.75 Å². The molecule has 0 saturated heterocycles. The first-order valence-electron chi connectivity index (χ1n) is 9.77. The van der Waals surface area contributed by atoms with Crippen molar-refractivity contribution in [2.45, 2.75) is 39.7 Å². The maximum Gasteiger partial charge on any atom is 0.316 e. The first-order valence-corrected chi connectivity index (χ1v) is 9.77. The maximum absolute atomic E-state index is 12.9. The minimum absolute atomic E-state index is 0.475. The zero-order valence-electron chi connectivity index (χ0n) is 18.3. The summed E-state index contributed by atoms with van der Waals surface area (Å²) in [6, 6.07) is 9.10.